The van der Waals surface area contributed by atoms with Gasteiger partial charge < -0.3 is 4.74 Å². The van der Waals surface area contributed by atoms with Crippen LogP contribution >= 0.6 is 0 Å². The lowest BCUT2D eigenvalue weighted by molar-refractivity contribution is 0.163. The number of hydrogen-bond donors (Lipinski definition) is 0. The number of hydrogen-bond acceptors (Lipinski definition) is 1. The zero-order chi connectivity index (χ0) is 11.4. The van der Waals surface area contributed by atoms with E-state index in [0.717, 1.165) is 12.2 Å². The fraction of sp³-hybridized carbons (Fsp3) is 0.200. The molecule has 0 amide bonds. The Hall–Kier alpha value is -1.76. The van der Waals surface area contributed by atoms with E-state index < -0.39 is 0 Å². The summed E-state index contributed by atoms with van der Waals surface area (Å²) in [6, 6.07) is 10.3. The molecule has 2 rings (SSSR count). The van der Waals surface area contributed by atoms with Crippen molar-refractivity contribution in [2.24, 2.45) is 0 Å². The first-order chi connectivity index (χ1) is 7.85. The summed E-state index contributed by atoms with van der Waals surface area (Å²) in [5, 5.41) is 0. The van der Waals surface area contributed by atoms with E-state index >= 15 is 0 Å². The molecule has 82 valence electrons. The molecule has 1 aliphatic heterocycles. The maximum Gasteiger partial charge on any atom is 0.128 e. The van der Waals surface area contributed by atoms with Gasteiger partial charge in [-0.1, -0.05) is 49.1 Å². The van der Waals surface area contributed by atoms with Crippen LogP contribution in [0, 0.1) is 0 Å². The van der Waals surface area contributed by atoms with Crippen molar-refractivity contribution < 1.29 is 4.74 Å². The van der Waals surface area contributed by atoms with Gasteiger partial charge in [0.15, 0.2) is 0 Å². The summed E-state index contributed by atoms with van der Waals surface area (Å²) >= 11 is 0. The van der Waals surface area contributed by atoms with Gasteiger partial charge in [-0.25, -0.2) is 0 Å². The van der Waals surface area contributed by atoms with Crippen molar-refractivity contribution in [1.82, 2.24) is 0 Å². The first-order valence-corrected chi connectivity index (χ1v) is 5.55. The Balaban J connectivity index is 2.24. The highest BCUT2D eigenvalue weighted by molar-refractivity contribution is 5.35. The Bertz CT molecular complexity index is 426. The molecule has 1 heteroatoms. The predicted molar refractivity (Wildman–Crippen MR) is 66.9 cm³/mol. The van der Waals surface area contributed by atoms with E-state index in [9.17, 15) is 0 Å². The van der Waals surface area contributed by atoms with Crippen LogP contribution in [0.5, 0.6) is 0 Å². The number of benzene rings is 1. The van der Waals surface area contributed by atoms with Gasteiger partial charge in [-0.05, 0) is 24.1 Å². The van der Waals surface area contributed by atoms with Crippen molar-refractivity contribution in [2.75, 3.05) is 0 Å². The third-order valence-corrected chi connectivity index (χ3v) is 2.78. The smallest absolute Gasteiger partial charge is 0.128 e. The van der Waals surface area contributed by atoms with Gasteiger partial charge in [0.1, 0.15) is 11.9 Å². The minimum atomic E-state index is 0.151. The maximum atomic E-state index is 5.91. The topological polar surface area (TPSA) is 9.23 Å². The molecule has 1 nitrogen and oxygen atoms in total. The van der Waals surface area contributed by atoms with Crippen molar-refractivity contribution in [3.63, 3.8) is 0 Å². The second kappa shape index (κ2) is 4.84. The highest BCUT2D eigenvalue weighted by Crippen LogP contribution is 2.38. The summed E-state index contributed by atoms with van der Waals surface area (Å²) in [5.41, 5.74) is 2.49. The van der Waals surface area contributed by atoms with E-state index in [2.05, 4.69) is 24.8 Å². The normalized spacial score (nSPS) is 24.7. The van der Waals surface area contributed by atoms with E-state index in [1.54, 1.807) is 6.08 Å². The van der Waals surface area contributed by atoms with Crippen molar-refractivity contribution in [3.05, 3.63) is 72.0 Å². The van der Waals surface area contributed by atoms with E-state index in [-0.39, 0.29) is 6.10 Å². The number of rotatable bonds is 2. The number of allylic oxidation sites excluding steroid dienone is 4. The first-order valence-electron chi connectivity index (χ1n) is 5.55. The van der Waals surface area contributed by atoms with Crippen molar-refractivity contribution >= 4 is 0 Å². The zero-order valence-electron chi connectivity index (χ0n) is 9.52. The lowest BCUT2D eigenvalue weighted by atomic mass is 10.0. The van der Waals surface area contributed by atoms with Crippen LogP contribution < -0.4 is 0 Å². The Labute approximate surface area is 96.8 Å². The van der Waals surface area contributed by atoms with Crippen LogP contribution in [0.2, 0.25) is 0 Å². The molecular weight excluding hydrogens is 196 g/mol. The molecule has 1 saturated heterocycles. The van der Waals surface area contributed by atoms with Crippen LogP contribution in [0.15, 0.2) is 66.5 Å². The van der Waals surface area contributed by atoms with Gasteiger partial charge in [0, 0.05) is 6.42 Å². The molecule has 0 aliphatic carbocycles. The van der Waals surface area contributed by atoms with Crippen LogP contribution in [0.3, 0.4) is 0 Å². The van der Waals surface area contributed by atoms with E-state index in [1.165, 1.54) is 11.1 Å². The summed E-state index contributed by atoms with van der Waals surface area (Å²) in [6.45, 7) is 5.75. The Morgan fingerprint density at radius 2 is 2.06 bits per heavy atom. The molecule has 0 radical (unpaired) electrons. The molecule has 0 saturated carbocycles. The third-order valence-electron chi connectivity index (χ3n) is 2.78. The molecule has 0 bridgehead atoms. The summed E-state index contributed by atoms with van der Waals surface area (Å²) < 4.78 is 5.91. The summed E-state index contributed by atoms with van der Waals surface area (Å²) in [4.78, 5) is 0. The van der Waals surface area contributed by atoms with Crippen LogP contribution in [-0.2, 0) is 4.74 Å². The van der Waals surface area contributed by atoms with Gasteiger partial charge in [-0.3, -0.25) is 0 Å². The molecule has 1 aromatic rings. The minimum absolute atomic E-state index is 0.151. The van der Waals surface area contributed by atoms with Gasteiger partial charge in [0.2, 0.25) is 0 Å². The highest BCUT2D eigenvalue weighted by atomic mass is 16.5. The third kappa shape index (κ3) is 2.08. The SMILES string of the molecule is C=C/C=C1/OC(c2ccccc2)C/C1=C/C. The predicted octanol–water partition coefficient (Wildman–Crippen LogP) is 4.16. The van der Waals surface area contributed by atoms with Gasteiger partial charge in [-0.2, -0.15) is 0 Å². The lowest BCUT2D eigenvalue weighted by Gasteiger charge is -2.09. The monoisotopic (exact) mass is 212 g/mol. The van der Waals surface area contributed by atoms with Crippen molar-refractivity contribution in [3.8, 4) is 0 Å². The van der Waals surface area contributed by atoms with Gasteiger partial charge in [0.25, 0.3) is 0 Å². The summed E-state index contributed by atoms with van der Waals surface area (Å²) in [5.74, 6) is 0.950. The second-order valence-corrected chi connectivity index (χ2v) is 3.80. The zero-order valence-corrected chi connectivity index (χ0v) is 9.52. The van der Waals surface area contributed by atoms with Gasteiger partial charge in [-0.15, -0.1) is 0 Å². The van der Waals surface area contributed by atoms with E-state index in [1.807, 2.05) is 31.2 Å². The molecule has 0 N–H and O–H groups in total. The molecule has 16 heavy (non-hydrogen) atoms. The molecular formula is C15H16O. The average Bonchev–Trinajstić information content (AvgIpc) is 2.74. The maximum absolute atomic E-state index is 5.91. The fourth-order valence-electron chi connectivity index (χ4n) is 1.94. The minimum Gasteiger partial charge on any atom is -0.485 e. The van der Waals surface area contributed by atoms with Gasteiger partial charge >= 0.3 is 0 Å². The van der Waals surface area contributed by atoms with E-state index in [0.29, 0.717) is 0 Å². The molecule has 1 atom stereocenters. The molecule has 1 aliphatic rings. The quantitative estimate of drug-likeness (QED) is 0.715. The Morgan fingerprint density at radius 3 is 2.69 bits per heavy atom. The van der Waals surface area contributed by atoms with Gasteiger partial charge in [0.05, 0.1) is 0 Å². The fourth-order valence-corrected chi connectivity index (χ4v) is 1.94. The largest absolute Gasteiger partial charge is 0.485 e. The molecule has 1 fully saturated rings. The van der Waals surface area contributed by atoms with Crippen LogP contribution in [-0.4, -0.2) is 0 Å². The van der Waals surface area contributed by atoms with Crippen LogP contribution in [0.4, 0.5) is 0 Å². The van der Waals surface area contributed by atoms with Crippen LogP contribution in [0.25, 0.3) is 0 Å². The first kappa shape index (κ1) is 10.7. The van der Waals surface area contributed by atoms with Crippen LogP contribution in [0.1, 0.15) is 25.0 Å². The molecule has 1 unspecified atom stereocenters. The molecule has 0 spiro atoms. The standard InChI is InChI=1S/C15H16O/c1-3-8-14-12(4-2)11-15(16-14)13-9-6-5-7-10-13/h3-10,15H,1,11H2,2H3/b12-4-,14-8+. The summed E-state index contributed by atoms with van der Waals surface area (Å²) in [6.07, 6.45) is 6.90. The molecule has 0 aromatic heterocycles. The number of ether oxygens (including phenoxy) is 1. The Morgan fingerprint density at radius 1 is 1.31 bits per heavy atom. The van der Waals surface area contributed by atoms with Crippen molar-refractivity contribution in [1.29, 1.82) is 0 Å². The second-order valence-electron chi connectivity index (χ2n) is 3.80. The highest BCUT2D eigenvalue weighted by Gasteiger charge is 2.25. The van der Waals surface area contributed by atoms with Crippen molar-refractivity contribution in [2.45, 2.75) is 19.4 Å². The molecule has 1 heterocycles. The Kier molecular flexibility index (Phi) is 3.25. The lowest BCUT2D eigenvalue weighted by Crippen LogP contribution is -1.93. The average molecular weight is 212 g/mol. The molecule has 1 aromatic carbocycles. The summed E-state index contributed by atoms with van der Waals surface area (Å²) in [7, 11) is 0. The van der Waals surface area contributed by atoms with E-state index in [4.69, 9.17) is 4.74 Å².